The van der Waals surface area contributed by atoms with Crippen LogP contribution in [-0.2, 0) is 11.2 Å². The standard InChI is InChI=1S/C16H22N2O/c1-12(13(2)19-3)17-11-9-15-7-4-6-14-8-5-10-18-16(14)15/h4-8,10,12-13,17H,9,11H2,1-3H3. The van der Waals surface area contributed by atoms with E-state index >= 15 is 0 Å². The first-order chi connectivity index (χ1) is 9.22. The number of pyridine rings is 1. The van der Waals surface area contributed by atoms with Crippen LogP contribution in [0.2, 0.25) is 0 Å². The Morgan fingerprint density at radius 1 is 1.21 bits per heavy atom. The van der Waals surface area contributed by atoms with Crippen molar-refractivity contribution < 1.29 is 4.74 Å². The lowest BCUT2D eigenvalue weighted by molar-refractivity contribution is 0.0890. The lowest BCUT2D eigenvalue weighted by Gasteiger charge is -2.20. The molecule has 0 radical (unpaired) electrons. The minimum Gasteiger partial charge on any atom is -0.380 e. The predicted octanol–water partition coefficient (Wildman–Crippen LogP) is 2.79. The average Bonchev–Trinajstić information content (AvgIpc) is 2.46. The highest BCUT2D eigenvalue weighted by Gasteiger charge is 2.10. The van der Waals surface area contributed by atoms with Crippen molar-refractivity contribution in [1.82, 2.24) is 10.3 Å². The highest BCUT2D eigenvalue weighted by Crippen LogP contribution is 2.16. The van der Waals surface area contributed by atoms with Crippen LogP contribution >= 0.6 is 0 Å². The van der Waals surface area contributed by atoms with Crippen molar-refractivity contribution in [2.45, 2.75) is 32.4 Å². The number of fused-ring (bicyclic) bond motifs is 1. The molecule has 3 heteroatoms. The third-order valence-electron chi connectivity index (χ3n) is 3.65. The number of hydrogen-bond acceptors (Lipinski definition) is 3. The number of para-hydroxylation sites is 1. The third-order valence-corrected chi connectivity index (χ3v) is 3.65. The van der Waals surface area contributed by atoms with E-state index < -0.39 is 0 Å². The summed E-state index contributed by atoms with van der Waals surface area (Å²) in [5.41, 5.74) is 2.40. The first-order valence-electron chi connectivity index (χ1n) is 6.81. The van der Waals surface area contributed by atoms with E-state index in [1.165, 1.54) is 10.9 Å². The van der Waals surface area contributed by atoms with Gasteiger partial charge in [-0.25, -0.2) is 0 Å². The molecule has 0 spiro atoms. The second kappa shape index (κ2) is 6.64. The average molecular weight is 258 g/mol. The number of benzene rings is 1. The van der Waals surface area contributed by atoms with Gasteiger partial charge < -0.3 is 10.1 Å². The summed E-state index contributed by atoms with van der Waals surface area (Å²) in [6.45, 7) is 5.16. The van der Waals surface area contributed by atoms with E-state index in [0.29, 0.717) is 6.04 Å². The minimum atomic E-state index is 0.227. The molecule has 0 saturated carbocycles. The number of nitrogens with one attached hydrogen (secondary N) is 1. The monoisotopic (exact) mass is 258 g/mol. The van der Waals surface area contributed by atoms with Gasteiger partial charge in [0.05, 0.1) is 11.6 Å². The summed E-state index contributed by atoms with van der Waals surface area (Å²) < 4.78 is 5.31. The summed E-state index contributed by atoms with van der Waals surface area (Å²) in [5.74, 6) is 0. The molecule has 19 heavy (non-hydrogen) atoms. The second-order valence-electron chi connectivity index (χ2n) is 4.93. The predicted molar refractivity (Wildman–Crippen MR) is 79.4 cm³/mol. The van der Waals surface area contributed by atoms with Crippen LogP contribution in [0.5, 0.6) is 0 Å². The van der Waals surface area contributed by atoms with Crippen molar-refractivity contribution in [3.63, 3.8) is 0 Å². The number of aromatic nitrogens is 1. The molecule has 0 amide bonds. The molecule has 2 atom stereocenters. The lowest BCUT2D eigenvalue weighted by atomic mass is 10.1. The molecule has 0 aliphatic rings. The van der Waals surface area contributed by atoms with Crippen LogP contribution in [0.1, 0.15) is 19.4 Å². The second-order valence-corrected chi connectivity index (χ2v) is 4.93. The molecule has 0 saturated heterocycles. The first kappa shape index (κ1) is 14.0. The smallest absolute Gasteiger partial charge is 0.0734 e. The SMILES string of the molecule is COC(C)C(C)NCCc1cccc2cccnc12. The Morgan fingerprint density at radius 2 is 2.00 bits per heavy atom. The molecule has 102 valence electrons. The zero-order chi connectivity index (χ0) is 13.7. The third kappa shape index (κ3) is 3.52. The summed E-state index contributed by atoms with van der Waals surface area (Å²) in [5, 5.41) is 4.70. The summed E-state index contributed by atoms with van der Waals surface area (Å²) in [4.78, 5) is 4.48. The maximum Gasteiger partial charge on any atom is 0.0734 e. The molecule has 1 N–H and O–H groups in total. The number of nitrogens with zero attached hydrogens (tertiary/aromatic N) is 1. The van der Waals surface area contributed by atoms with Crippen LogP contribution in [0.4, 0.5) is 0 Å². The number of rotatable bonds is 6. The highest BCUT2D eigenvalue weighted by molar-refractivity contribution is 5.81. The molecule has 0 aliphatic heterocycles. The summed E-state index contributed by atoms with van der Waals surface area (Å²) >= 11 is 0. The molecule has 1 heterocycles. The first-order valence-corrected chi connectivity index (χ1v) is 6.81. The van der Waals surface area contributed by atoms with Crippen molar-refractivity contribution in [3.05, 3.63) is 42.1 Å². The number of ether oxygens (including phenoxy) is 1. The van der Waals surface area contributed by atoms with E-state index in [9.17, 15) is 0 Å². The zero-order valence-corrected chi connectivity index (χ0v) is 11.9. The maximum absolute atomic E-state index is 5.31. The van der Waals surface area contributed by atoms with Gasteiger partial charge in [-0.05, 0) is 38.4 Å². The highest BCUT2D eigenvalue weighted by atomic mass is 16.5. The van der Waals surface area contributed by atoms with Gasteiger partial charge in [-0.3, -0.25) is 4.98 Å². The van der Waals surface area contributed by atoms with Gasteiger partial charge in [0.1, 0.15) is 0 Å². The molecule has 0 bridgehead atoms. The lowest BCUT2D eigenvalue weighted by Crippen LogP contribution is -2.37. The minimum absolute atomic E-state index is 0.227. The van der Waals surface area contributed by atoms with Gasteiger partial charge >= 0.3 is 0 Å². The Kier molecular flexibility index (Phi) is 4.88. The zero-order valence-electron chi connectivity index (χ0n) is 11.9. The van der Waals surface area contributed by atoms with Crippen LogP contribution in [0.15, 0.2) is 36.5 Å². The van der Waals surface area contributed by atoms with Crippen molar-refractivity contribution in [2.24, 2.45) is 0 Å². The summed E-state index contributed by atoms with van der Waals surface area (Å²) in [6, 6.07) is 10.8. The Bertz CT molecular complexity index is 522. The van der Waals surface area contributed by atoms with Crippen molar-refractivity contribution in [3.8, 4) is 0 Å². The molecule has 0 aliphatic carbocycles. The normalized spacial score (nSPS) is 14.5. The van der Waals surface area contributed by atoms with Gasteiger partial charge in [0, 0.05) is 24.7 Å². The van der Waals surface area contributed by atoms with Crippen LogP contribution in [0, 0.1) is 0 Å². The van der Waals surface area contributed by atoms with E-state index in [1.54, 1.807) is 7.11 Å². The number of hydrogen-bond donors (Lipinski definition) is 1. The van der Waals surface area contributed by atoms with Gasteiger partial charge in [0.2, 0.25) is 0 Å². The summed E-state index contributed by atoms with van der Waals surface area (Å²) in [7, 11) is 1.75. The fourth-order valence-corrected chi connectivity index (χ4v) is 2.17. The maximum atomic E-state index is 5.31. The molecule has 2 rings (SSSR count). The van der Waals surface area contributed by atoms with E-state index in [-0.39, 0.29) is 6.10 Å². The Hall–Kier alpha value is -1.45. The quantitative estimate of drug-likeness (QED) is 0.865. The van der Waals surface area contributed by atoms with E-state index in [1.807, 2.05) is 12.3 Å². The van der Waals surface area contributed by atoms with Gasteiger partial charge in [-0.15, -0.1) is 0 Å². The van der Waals surface area contributed by atoms with Crippen molar-refractivity contribution in [1.29, 1.82) is 0 Å². The molecule has 0 fully saturated rings. The number of methoxy groups -OCH3 is 1. The van der Waals surface area contributed by atoms with E-state index in [2.05, 4.69) is 48.4 Å². The van der Waals surface area contributed by atoms with Crippen molar-refractivity contribution in [2.75, 3.05) is 13.7 Å². The van der Waals surface area contributed by atoms with Gasteiger partial charge in [0.25, 0.3) is 0 Å². The van der Waals surface area contributed by atoms with Gasteiger partial charge in [-0.1, -0.05) is 24.3 Å². The van der Waals surface area contributed by atoms with Crippen molar-refractivity contribution >= 4 is 10.9 Å². The van der Waals surface area contributed by atoms with Gasteiger partial charge in [-0.2, -0.15) is 0 Å². The topological polar surface area (TPSA) is 34.1 Å². The Balaban J connectivity index is 1.99. The van der Waals surface area contributed by atoms with Crippen LogP contribution in [0.25, 0.3) is 10.9 Å². The fourth-order valence-electron chi connectivity index (χ4n) is 2.17. The van der Waals surface area contributed by atoms with Crippen LogP contribution < -0.4 is 5.32 Å². The molecule has 1 aromatic carbocycles. The molecular formula is C16H22N2O. The van der Waals surface area contributed by atoms with Crippen LogP contribution in [-0.4, -0.2) is 30.8 Å². The summed E-state index contributed by atoms with van der Waals surface area (Å²) in [6.07, 6.45) is 3.06. The largest absolute Gasteiger partial charge is 0.380 e. The van der Waals surface area contributed by atoms with E-state index in [4.69, 9.17) is 4.74 Å². The van der Waals surface area contributed by atoms with Gasteiger partial charge in [0.15, 0.2) is 0 Å². The molecule has 2 aromatic rings. The molecular weight excluding hydrogens is 236 g/mol. The fraction of sp³-hybridized carbons (Fsp3) is 0.438. The molecule has 1 aromatic heterocycles. The van der Waals surface area contributed by atoms with E-state index in [0.717, 1.165) is 18.5 Å². The molecule has 2 unspecified atom stereocenters. The molecule has 3 nitrogen and oxygen atoms in total. The Morgan fingerprint density at radius 3 is 2.79 bits per heavy atom. The Labute approximate surface area is 115 Å². The van der Waals surface area contributed by atoms with Crippen LogP contribution in [0.3, 0.4) is 0 Å².